The molecule has 0 aromatic heterocycles. The fraction of sp³-hybridized carbons (Fsp3) is 0.867. The van der Waals surface area contributed by atoms with E-state index in [2.05, 4.69) is 36.6 Å². The van der Waals surface area contributed by atoms with E-state index in [4.69, 9.17) is 0 Å². The van der Waals surface area contributed by atoms with Gasteiger partial charge in [0.25, 0.3) is 0 Å². The SMILES string of the molecule is CC1=C[C@H](C)[C@@H](C2N3CCCN2CC3)[C@H](C)C1. The van der Waals surface area contributed by atoms with Crippen LogP contribution in [-0.4, -0.2) is 42.1 Å². The van der Waals surface area contributed by atoms with Crippen molar-refractivity contribution in [1.29, 1.82) is 0 Å². The molecule has 2 nitrogen and oxygen atoms in total. The normalized spacial score (nSPS) is 50.2. The van der Waals surface area contributed by atoms with Crippen LogP contribution in [0.2, 0.25) is 0 Å². The van der Waals surface area contributed by atoms with Gasteiger partial charge >= 0.3 is 0 Å². The topological polar surface area (TPSA) is 6.48 Å². The summed E-state index contributed by atoms with van der Waals surface area (Å²) in [5, 5.41) is 0. The second kappa shape index (κ2) is 4.40. The van der Waals surface area contributed by atoms with E-state index in [1.54, 1.807) is 5.57 Å². The van der Waals surface area contributed by atoms with E-state index in [0.717, 1.165) is 23.9 Å². The van der Waals surface area contributed by atoms with Gasteiger partial charge in [0.1, 0.15) is 0 Å². The van der Waals surface area contributed by atoms with Gasteiger partial charge in [0.15, 0.2) is 0 Å². The summed E-state index contributed by atoms with van der Waals surface area (Å²) in [6.45, 7) is 12.5. The third kappa shape index (κ3) is 1.96. The first-order chi connectivity index (χ1) is 8.16. The summed E-state index contributed by atoms with van der Waals surface area (Å²) >= 11 is 0. The van der Waals surface area contributed by atoms with Gasteiger partial charge in [0.2, 0.25) is 0 Å². The first-order valence-electron chi connectivity index (χ1n) is 7.32. The molecule has 0 saturated carbocycles. The molecule has 2 fully saturated rings. The molecule has 0 N–H and O–H groups in total. The summed E-state index contributed by atoms with van der Waals surface area (Å²) in [6.07, 6.45) is 5.97. The Labute approximate surface area is 106 Å². The van der Waals surface area contributed by atoms with Gasteiger partial charge in [-0.05, 0) is 37.5 Å². The zero-order valence-electron chi connectivity index (χ0n) is 11.5. The Bertz CT molecular complexity index is 307. The first-order valence-corrected chi connectivity index (χ1v) is 7.32. The van der Waals surface area contributed by atoms with Gasteiger partial charge in [0.05, 0.1) is 6.17 Å². The van der Waals surface area contributed by atoms with Gasteiger partial charge in [-0.1, -0.05) is 25.5 Å². The molecule has 2 bridgehead atoms. The highest BCUT2D eigenvalue weighted by Crippen LogP contribution is 2.40. The maximum absolute atomic E-state index is 2.75. The number of hydrogen-bond donors (Lipinski definition) is 0. The Morgan fingerprint density at radius 2 is 1.71 bits per heavy atom. The zero-order chi connectivity index (χ0) is 12.0. The lowest BCUT2D eigenvalue weighted by molar-refractivity contribution is 0.00332. The predicted molar refractivity (Wildman–Crippen MR) is 71.7 cm³/mol. The van der Waals surface area contributed by atoms with Crippen LogP contribution in [0.15, 0.2) is 11.6 Å². The lowest BCUT2D eigenvalue weighted by atomic mass is 9.72. The molecule has 0 aromatic rings. The van der Waals surface area contributed by atoms with E-state index in [9.17, 15) is 0 Å². The molecule has 0 amide bonds. The Morgan fingerprint density at radius 3 is 2.29 bits per heavy atom. The van der Waals surface area contributed by atoms with Crippen molar-refractivity contribution in [1.82, 2.24) is 9.80 Å². The second-order valence-corrected chi connectivity index (χ2v) is 6.47. The largest absolute Gasteiger partial charge is 0.286 e. The van der Waals surface area contributed by atoms with Gasteiger partial charge in [0, 0.05) is 26.2 Å². The van der Waals surface area contributed by atoms with Crippen LogP contribution in [0, 0.1) is 17.8 Å². The molecule has 2 saturated heterocycles. The molecule has 3 aliphatic rings. The van der Waals surface area contributed by atoms with Crippen molar-refractivity contribution < 1.29 is 0 Å². The molecule has 2 aliphatic heterocycles. The fourth-order valence-corrected chi connectivity index (χ4v) is 4.56. The van der Waals surface area contributed by atoms with Crippen molar-refractivity contribution in [2.75, 3.05) is 26.2 Å². The molecule has 2 heteroatoms. The molecule has 0 radical (unpaired) electrons. The van der Waals surface area contributed by atoms with Crippen molar-refractivity contribution in [3.05, 3.63) is 11.6 Å². The van der Waals surface area contributed by atoms with Gasteiger partial charge in [-0.2, -0.15) is 0 Å². The van der Waals surface area contributed by atoms with Crippen LogP contribution in [0.3, 0.4) is 0 Å². The number of nitrogens with zero attached hydrogens (tertiary/aromatic N) is 2. The summed E-state index contributed by atoms with van der Waals surface area (Å²) in [4.78, 5) is 5.49. The minimum absolute atomic E-state index is 0.748. The molecule has 5 atom stereocenters. The standard InChI is InChI=1S/C15H26N2/c1-11-9-12(2)14(13(3)10-11)15-16-5-4-6-17(15)8-7-16/h9,12-15H,4-8,10H2,1-3H3/t12-,13+,14+/m0/s1. The highest BCUT2D eigenvalue weighted by Gasteiger charge is 2.44. The van der Waals surface area contributed by atoms with E-state index < -0.39 is 0 Å². The molecule has 0 aromatic carbocycles. The highest BCUT2D eigenvalue weighted by molar-refractivity contribution is 5.11. The highest BCUT2D eigenvalue weighted by atomic mass is 15.4. The van der Waals surface area contributed by atoms with E-state index >= 15 is 0 Å². The quantitative estimate of drug-likeness (QED) is 0.643. The van der Waals surface area contributed by atoms with Crippen molar-refractivity contribution in [2.45, 2.75) is 39.8 Å². The van der Waals surface area contributed by atoms with Gasteiger partial charge in [-0.15, -0.1) is 0 Å². The summed E-state index contributed by atoms with van der Waals surface area (Å²) in [6, 6.07) is 0. The fourth-order valence-electron chi connectivity index (χ4n) is 4.56. The minimum atomic E-state index is 0.748. The van der Waals surface area contributed by atoms with Crippen molar-refractivity contribution >= 4 is 0 Å². The second-order valence-electron chi connectivity index (χ2n) is 6.47. The average molecular weight is 234 g/mol. The van der Waals surface area contributed by atoms with Crippen molar-refractivity contribution in [3.8, 4) is 0 Å². The summed E-state index contributed by atoms with van der Waals surface area (Å²) < 4.78 is 0. The van der Waals surface area contributed by atoms with Gasteiger partial charge < -0.3 is 0 Å². The summed E-state index contributed by atoms with van der Waals surface area (Å²) in [7, 11) is 0. The molecular formula is C15H26N2. The van der Waals surface area contributed by atoms with Crippen LogP contribution in [0.1, 0.15) is 33.6 Å². The maximum atomic E-state index is 2.75. The number of fused-ring (bicyclic) bond motifs is 2. The first kappa shape index (κ1) is 11.7. The molecule has 1 aliphatic carbocycles. The van der Waals surface area contributed by atoms with Gasteiger partial charge in [-0.25, -0.2) is 0 Å². The van der Waals surface area contributed by atoms with E-state index in [-0.39, 0.29) is 0 Å². The average Bonchev–Trinajstić information content (AvgIpc) is 2.50. The van der Waals surface area contributed by atoms with E-state index in [1.165, 1.54) is 39.0 Å². The molecule has 2 unspecified atom stereocenters. The minimum Gasteiger partial charge on any atom is -0.286 e. The third-order valence-electron chi connectivity index (χ3n) is 5.11. The Kier molecular flexibility index (Phi) is 3.04. The van der Waals surface area contributed by atoms with Gasteiger partial charge in [-0.3, -0.25) is 9.80 Å². The summed E-state index contributed by atoms with van der Waals surface area (Å²) in [5.41, 5.74) is 1.61. The van der Waals surface area contributed by atoms with Crippen LogP contribution in [0.25, 0.3) is 0 Å². The Morgan fingerprint density at radius 1 is 1.06 bits per heavy atom. The maximum Gasteiger partial charge on any atom is 0.0660 e. The monoisotopic (exact) mass is 234 g/mol. The number of allylic oxidation sites excluding steroid dienone is 2. The van der Waals surface area contributed by atoms with Crippen LogP contribution in [0.4, 0.5) is 0 Å². The van der Waals surface area contributed by atoms with Crippen LogP contribution < -0.4 is 0 Å². The van der Waals surface area contributed by atoms with Crippen molar-refractivity contribution in [2.24, 2.45) is 17.8 Å². The van der Waals surface area contributed by atoms with Crippen molar-refractivity contribution in [3.63, 3.8) is 0 Å². The van der Waals surface area contributed by atoms with Crippen LogP contribution in [-0.2, 0) is 0 Å². The van der Waals surface area contributed by atoms with E-state index in [0.29, 0.717) is 0 Å². The molecule has 0 spiro atoms. The molecule has 96 valence electrons. The smallest absolute Gasteiger partial charge is 0.0660 e. The third-order valence-corrected chi connectivity index (χ3v) is 5.11. The number of rotatable bonds is 1. The Balaban J connectivity index is 1.84. The zero-order valence-corrected chi connectivity index (χ0v) is 11.5. The van der Waals surface area contributed by atoms with E-state index in [1.807, 2.05) is 0 Å². The molecule has 3 rings (SSSR count). The molecule has 17 heavy (non-hydrogen) atoms. The predicted octanol–water partition coefficient (Wildman–Crippen LogP) is 2.57. The Hall–Kier alpha value is -0.340. The molecular weight excluding hydrogens is 208 g/mol. The lowest BCUT2D eigenvalue weighted by Gasteiger charge is -2.46. The lowest BCUT2D eigenvalue weighted by Crippen LogP contribution is -2.53. The van der Waals surface area contributed by atoms with Crippen LogP contribution >= 0.6 is 0 Å². The molecule has 2 heterocycles. The number of hydrogen-bond acceptors (Lipinski definition) is 2. The summed E-state index contributed by atoms with van der Waals surface area (Å²) in [5.74, 6) is 2.45. The van der Waals surface area contributed by atoms with Crippen LogP contribution in [0.5, 0.6) is 0 Å².